The van der Waals surface area contributed by atoms with Gasteiger partial charge in [0.25, 0.3) is 0 Å². The van der Waals surface area contributed by atoms with Crippen LogP contribution in [0.15, 0.2) is 42.2 Å². The van der Waals surface area contributed by atoms with Crippen LogP contribution in [-0.4, -0.2) is 31.0 Å². The third kappa shape index (κ3) is 4.92. The number of alkyl halides is 3. The fourth-order valence-electron chi connectivity index (χ4n) is 3.39. The maximum Gasteiger partial charge on any atom is 0.534 e. The van der Waals surface area contributed by atoms with Gasteiger partial charge in [0.05, 0.1) is 12.8 Å². The van der Waals surface area contributed by atoms with Gasteiger partial charge in [-0.25, -0.2) is 4.98 Å². The fourth-order valence-corrected chi connectivity index (χ4v) is 3.91. The second-order valence-electron chi connectivity index (χ2n) is 6.93. The largest absolute Gasteiger partial charge is 0.534 e. The molecule has 1 aliphatic carbocycles. The minimum absolute atomic E-state index is 0.0517. The summed E-state index contributed by atoms with van der Waals surface area (Å²) in [6.45, 7) is 1.74. The summed E-state index contributed by atoms with van der Waals surface area (Å²) in [5.74, 6) is 0.641. The number of halogens is 3. The minimum Gasteiger partial charge on any atom is -0.481 e. The minimum atomic E-state index is -5.66. The number of aromatic nitrogens is 2. The predicted octanol–water partition coefficient (Wildman–Crippen LogP) is 4.40. The second kappa shape index (κ2) is 8.63. The number of aryl methyl sites for hydroxylation is 1. The first-order valence-electron chi connectivity index (χ1n) is 9.26. The van der Waals surface area contributed by atoms with Crippen LogP contribution < -0.4 is 4.74 Å². The van der Waals surface area contributed by atoms with Crippen LogP contribution in [0.1, 0.15) is 47.8 Å². The maximum atomic E-state index is 12.5. The van der Waals surface area contributed by atoms with Gasteiger partial charge < -0.3 is 8.92 Å². The van der Waals surface area contributed by atoms with Crippen LogP contribution in [0.2, 0.25) is 0 Å². The second-order valence-corrected chi connectivity index (χ2v) is 8.47. The van der Waals surface area contributed by atoms with Gasteiger partial charge in [0.15, 0.2) is 0 Å². The fraction of sp³-hybridized carbons (Fsp3) is 0.400. The van der Waals surface area contributed by atoms with E-state index in [0.717, 1.165) is 16.8 Å². The molecule has 0 fully saturated rings. The van der Waals surface area contributed by atoms with E-state index in [1.807, 2.05) is 30.3 Å². The van der Waals surface area contributed by atoms with Crippen molar-refractivity contribution >= 4 is 10.1 Å². The van der Waals surface area contributed by atoms with Crippen LogP contribution in [0.5, 0.6) is 5.88 Å². The Bertz CT molecular complexity index is 1040. The zero-order valence-electron chi connectivity index (χ0n) is 16.4. The van der Waals surface area contributed by atoms with Gasteiger partial charge >= 0.3 is 15.6 Å². The number of ether oxygens (including phenoxy) is 1. The van der Waals surface area contributed by atoms with Crippen molar-refractivity contribution in [1.29, 1.82) is 0 Å². The van der Waals surface area contributed by atoms with Gasteiger partial charge in [-0.1, -0.05) is 30.3 Å². The molecule has 1 aromatic heterocycles. The summed E-state index contributed by atoms with van der Waals surface area (Å²) in [5, 5.41) is 0. The molecule has 30 heavy (non-hydrogen) atoms. The smallest absolute Gasteiger partial charge is 0.481 e. The van der Waals surface area contributed by atoms with Crippen LogP contribution in [-0.2, 0) is 20.7 Å². The molecule has 6 nitrogen and oxygen atoms in total. The van der Waals surface area contributed by atoms with Gasteiger partial charge in [0, 0.05) is 24.3 Å². The van der Waals surface area contributed by atoms with Crippen molar-refractivity contribution in [2.45, 2.75) is 44.0 Å². The Hall–Kier alpha value is -2.62. The molecule has 1 unspecified atom stereocenters. The molecule has 0 amide bonds. The van der Waals surface area contributed by atoms with Gasteiger partial charge in [-0.3, -0.25) is 0 Å². The summed E-state index contributed by atoms with van der Waals surface area (Å²) in [6, 6.07) is 9.69. The molecule has 162 valence electrons. The number of hydrogen-bond donors (Lipinski definition) is 0. The van der Waals surface area contributed by atoms with Gasteiger partial charge in [-0.15, -0.1) is 0 Å². The lowest BCUT2D eigenvalue weighted by Gasteiger charge is -2.24. The van der Waals surface area contributed by atoms with E-state index in [1.54, 1.807) is 6.92 Å². The molecule has 1 heterocycles. The Kier molecular flexibility index (Phi) is 6.35. The zero-order valence-corrected chi connectivity index (χ0v) is 17.3. The van der Waals surface area contributed by atoms with E-state index in [2.05, 4.69) is 14.2 Å². The van der Waals surface area contributed by atoms with Crippen molar-refractivity contribution in [2.75, 3.05) is 7.11 Å². The summed E-state index contributed by atoms with van der Waals surface area (Å²) >= 11 is 0. The van der Waals surface area contributed by atoms with E-state index in [0.29, 0.717) is 31.0 Å². The highest BCUT2D eigenvalue weighted by Gasteiger charge is 2.49. The lowest BCUT2D eigenvalue weighted by molar-refractivity contribution is -0.0524. The lowest BCUT2D eigenvalue weighted by Crippen LogP contribution is -2.26. The van der Waals surface area contributed by atoms with Gasteiger partial charge in [-0.2, -0.15) is 26.6 Å². The number of rotatable bonds is 6. The van der Waals surface area contributed by atoms with E-state index in [1.165, 1.54) is 13.2 Å². The van der Waals surface area contributed by atoms with Crippen molar-refractivity contribution < 1.29 is 30.5 Å². The molecule has 0 bridgehead atoms. The third-order valence-electron chi connectivity index (χ3n) is 4.79. The first-order valence-corrected chi connectivity index (χ1v) is 10.7. The Morgan fingerprint density at radius 1 is 1.17 bits per heavy atom. The third-order valence-corrected chi connectivity index (χ3v) is 5.79. The Morgan fingerprint density at radius 3 is 2.43 bits per heavy atom. The van der Waals surface area contributed by atoms with Gasteiger partial charge in [0.1, 0.15) is 11.6 Å². The molecule has 0 saturated carbocycles. The van der Waals surface area contributed by atoms with Gasteiger partial charge in [-0.05, 0) is 31.4 Å². The number of methoxy groups -OCH3 is 1. The molecule has 1 atom stereocenters. The van der Waals surface area contributed by atoms with Crippen LogP contribution in [0, 0.1) is 6.92 Å². The van der Waals surface area contributed by atoms with Crippen LogP contribution >= 0.6 is 0 Å². The Labute approximate surface area is 172 Å². The van der Waals surface area contributed by atoms with Crippen molar-refractivity contribution in [1.82, 2.24) is 9.97 Å². The molecular weight excluding hydrogens is 421 g/mol. The molecule has 1 aromatic carbocycles. The molecular formula is C20H21F3N2O4S. The molecule has 0 spiro atoms. The summed E-state index contributed by atoms with van der Waals surface area (Å²) in [6.07, 6.45) is 2.65. The monoisotopic (exact) mass is 442 g/mol. The quantitative estimate of drug-likeness (QED) is 0.487. The first-order chi connectivity index (χ1) is 14.1. The first kappa shape index (κ1) is 22.1. The normalized spacial score (nSPS) is 17.4. The Morgan fingerprint density at radius 2 is 1.87 bits per heavy atom. The Balaban J connectivity index is 1.88. The van der Waals surface area contributed by atoms with Crippen LogP contribution in [0.4, 0.5) is 13.2 Å². The lowest BCUT2D eigenvalue weighted by atomic mass is 9.87. The molecule has 0 N–H and O–H groups in total. The average molecular weight is 442 g/mol. The zero-order chi connectivity index (χ0) is 21.9. The number of allylic oxidation sites excluding steroid dienone is 2. The van der Waals surface area contributed by atoms with Crippen LogP contribution in [0.3, 0.4) is 0 Å². The predicted molar refractivity (Wildman–Crippen MR) is 103 cm³/mol. The molecule has 2 aromatic rings. The summed E-state index contributed by atoms with van der Waals surface area (Å²) in [7, 11) is -4.14. The van der Waals surface area contributed by atoms with Gasteiger partial charge in [0.2, 0.25) is 5.88 Å². The van der Waals surface area contributed by atoms with Crippen molar-refractivity contribution in [3.05, 3.63) is 64.8 Å². The van der Waals surface area contributed by atoms with E-state index >= 15 is 0 Å². The van der Waals surface area contributed by atoms with E-state index < -0.39 is 15.6 Å². The number of benzene rings is 1. The molecule has 3 rings (SSSR count). The molecule has 0 saturated heterocycles. The standard InChI is InChI=1S/C20H21F3N2O4S/c1-13-24-18(17(19(25-13)28-2)12-14-6-4-3-5-7-14)15-8-10-16(11-9-15)29-30(26,27)20(21,22)23/h3-7,10,15H,8-9,11-12H2,1-2H3. The molecule has 0 aliphatic heterocycles. The summed E-state index contributed by atoms with van der Waals surface area (Å²) < 4.78 is 69.8. The SMILES string of the molecule is COc1nc(C)nc(C2CC=C(OS(=O)(=O)C(F)(F)F)CC2)c1Cc1ccccc1. The number of hydrogen-bond acceptors (Lipinski definition) is 6. The highest BCUT2D eigenvalue weighted by molar-refractivity contribution is 7.87. The van der Waals surface area contributed by atoms with Crippen LogP contribution in [0.25, 0.3) is 0 Å². The molecule has 1 aliphatic rings. The number of nitrogens with zero attached hydrogens (tertiary/aromatic N) is 2. The maximum absolute atomic E-state index is 12.5. The van der Waals surface area contributed by atoms with E-state index in [4.69, 9.17) is 4.74 Å². The highest BCUT2D eigenvalue weighted by Crippen LogP contribution is 2.38. The molecule has 10 heteroatoms. The van der Waals surface area contributed by atoms with E-state index in [-0.39, 0.29) is 18.1 Å². The summed E-state index contributed by atoms with van der Waals surface area (Å²) in [4.78, 5) is 8.94. The van der Waals surface area contributed by atoms with Crippen molar-refractivity contribution in [3.63, 3.8) is 0 Å². The topological polar surface area (TPSA) is 78.4 Å². The molecule has 0 radical (unpaired) electrons. The summed E-state index contributed by atoms with van der Waals surface area (Å²) in [5.41, 5.74) is -2.86. The average Bonchev–Trinajstić information content (AvgIpc) is 2.69. The van der Waals surface area contributed by atoms with E-state index in [9.17, 15) is 21.6 Å². The van der Waals surface area contributed by atoms with Crippen molar-refractivity contribution in [3.8, 4) is 5.88 Å². The van der Waals surface area contributed by atoms with Crippen molar-refractivity contribution in [2.24, 2.45) is 0 Å². The highest BCUT2D eigenvalue weighted by atomic mass is 32.2.